The molecule has 0 unspecified atom stereocenters. The minimum Gasteiger partial charge on any atom is -0.321 e. The number of hydrogen-bond acceptors (Lipinski definition) is 3. The number of carbonyl (C=O) groups excluding carboxylic acids is 1. The lowest BCUT2D eigenvalue weighted by Crippen LogP contribution is -2.16. The van der Waals surface area contributed by atoms with Crippen molar-refractivity contribution in [3.05, 3.63) is 52.3 Å². The van der Waals surface area contributed by atoms with Crippen LogP contribution in [-0.2, 0) is 7.05 Å². The van der Waals surface area contributed by atoms with Gasteiger partial charge in [-0.25, -0.2) is 4.98 Å². The fourth-order valence-corrected chi connectivity index (χ4v) is 3.27. The van der Waals surface area contributed by atoms with E-state index in [2.05, 4.69) is 35.3 Å². The molecule has 5 nitrogen and oxygen atoms in total. The Labute approximate surface area is 148 Å². The number of nitrogens with zero attached hydrogens (tertiary/aromatic N) is 3. The zero-order valence-electron chi connectivity index (χ0n) is 15.6. The van der Waals surface area contributed by atoms with Gasteiger partial charge in [0.25, 0.3) is 5.91 Å². The van der Waals surface area contributed by atoms with E-state index >= 15 is 0 Å². The third kappa shape index (κ3) is 3.02. The summed E-state index contributed by atoms with van der Waals surface area (Å²) in [7, 11) is 1.85. The highest BCUT2D eigenvalue weighted by atomic mass is 16.1. The number of para-hydroxylation sites is 1. The van der Waals surface area contributed by atoms with Gasteiger partial charge in [0, 0.05) is 18.4 Å². The molecule has 0 saturated carbocycles. The van der Waals surface area contributed by atoms with Crippen molar-refractivity contribution in [2.75, 3.05) is 5.32 Å². The van der Waals surface area contributed by atoms with Gasteiger partial charge in [-0.3, -0.25) is 9.48 Å². The van der Waals surface area contributed by atoms with Crippen LogP contribution in [0.2, 0.25) is 0 Å². The summed E-state index contributed by atoms with van der Waals surface area (Å²) in [5.74, 6) is 0.206. The molecule has 0 fully saturated rings. The summed E-state index contributed by atoms with van der Waals surface area (Å²) in [4.78, 5) is 17.6. The topological polar surface area (TPSA) is 59.8 Å². The number of amides is 1. The molecule has 5 heteroatoms. The normalized spacial score (nSPS) is 11.3. The van der Waals surface area contributed by atoms with Crippen molar-refractivity contribution < 1.29 is 4.79 Å². The Morgan fingerprint density at radius 3 is 2.60 bits per heavy atom. The van der Waals surface area contributed by atoms with Crippen molar-refractivity contribution >= 4 is 22.6 Å². The number of anilines is 1. The van der Waals surface area contributed by atoms with E-state index in [1.165, 1.54) is 0 Å². The molecule has 0 saturated heterocycles. The van der Waals surface area contributed by atoms with Crippen LogP contribution >= 0.6 is 0 Å². The van der Waals surface area contributed by atoms with Crippen molar-refractivity contribution in [2.24, 2.45) is 7.05 Å². The number of fused-ring (bicyclic) bond motifs is 1. The van der Waals surface area contributed by atoms with Crippen LogP contribution in [0.3, 0.4) is 0 Å². The number of aryl methyl sites for hydroxylation is 4. The van der Waals surface area contributed by atoms with Gasteiger partial charge in [0.2, 0.25) is 0 Å². The second kappa shape index (κ2) is 6.31. The molecular weight excluding hydrogens is 312 g/mol. The second-order valence-electron chi connectivity index (χ2n) is 6.87. The molecule has 0 aliphatic heterocycles. The summed E-state index contributed by atoms with van der Waals surface area (Å²) >= 11 is 0. The molecule has 25 heavy (non-hydrogen) atoms. The molecule has 2 heterocycles. The van der Waals surface area contributed by atoms with Gasteiger partial charge in [0.15, 0.2) is 5.65 Å². The first-order chi connectivity index (χ1) is 11.8. The van der Waals surface area contributed by atoms with E-state index < -0.39 is 0 Å². The second-order valence-corrected chi connectivity index (χ2v) is 6.87. The average molecular weight is 336 g/mol. The first kappa shape index (κ1) is 17.1. The number of carbonyl (C=O) groups is 1. The van der Waals surface area contributed by atoms with Gasteiger partial charge in [-0.2, -0.15) is 5.10 Å². The predicted octanol–water partition coefficient (Wildman–Crippen LogP) is 4.27. The third-order valence-electron chi connectivity index (χ3n) is 4.51. The van der Waals surface area contributed by atoms with Crippen LogP contribution in [0, 0.1) is 20.8 Å². The predicted molar refractivity (Wildman–Crippen MR) is 101 cm³/mol. The molecule has 0 spiro atoms. The molecule has 0 atom stereocenters. The van der Waals surface area contributed by atoms with E-state index in [0.29, 0.717) is 11.5 Å². The average Bonchev–Trinajstić information content (AvgIpc) is 2.82. The van der Waals surface area contributed by atoms with E-state index in [-0.39, 0.29) is 5.91 Å². The van der Waals surface area contributed by atoms with Gasteiger partial charge in [-0.1, -0.05) is 32.0 Å². The monoisotopic (exact) mass is 336 g/mol. The maximum Gasteiger partial charge on any atom is 0.256 e. The van der Waals surface area contributed by atoms with Crippen LogP contribution < -0.4 is 5.32 Å². The maximum absolute atomic E-state index is 13.1. The van der Waals surface area contributed by atoms with Crippen LogP contribution in [-0.4, -0.2) is 20.7 Å². The van der Waals surface area contributed by atoms with Gasteiger partial charge in [0.1, 0.15) is 0 Å². The number of nitrogens with one attached hydrogen (secondary N) is 1. The standard InChI is InChI=1S/C20H24N4O/c1-11(2)15-9-7-8-12(3)18(15)22-20(25)16-10-13(4)21-19-17(16)14(5)23-24(19)6/h7-11H,1-6H3,(H,22,25). The molecule has 0 aliphatic rings. The Morgan fingerprint density at radius 2 is 1.92 bits per heavy atom. The van der Waals surface area contributed by atoms with Gasteiger partial charge >= 0.3 is 0 Å². The van der Waals surface area contributed by atoms with E-state index in [1.54, 1.807) is 4.68 Å². The van der Waals surface area contributed by atoms with Crippen molar-refractivity contribution in [1.82, 2.24) is 14.8 Å². The quantitative estimate of drug-likeness (QED) is 0.777. The zero-order chi connectivity index (χ0) is 18.3. The van der Waals surface area contributed by atoms with E-state index in [9.17, 15) is 4.79 Å². The first-order valence-electron chi connectivity index (χ1n) is 8.51. The third-order valence-corrected chi connectivity index (χ3v) is 4.51. The number of aromatic nitrogens is 3. The maximum atomic E-state index is 13.1. The Balaban J connectivity index is 2.11. The van der Waals surface area contributed by atoms with Crippen molar-refractivity contribution in [3.63, 3.8) is 0 Å². The smallest absolute Gasteiger partial charge is 0.256 e. The van der Waals surface area contributed by atoms with Crippen molar-refractivity contribution in [3.8, 4) is 0 Å². The lowest BCUT2D eigenvalue weighted by Gasteiger charge is -2.17. The molecule has 2 aromatic heterocycles. The molecule has 130 valence electrons. The van der Waals surface area contributed by atoms with Gasteiger partial charge in [0.05, 0.1) is 16.6 Å². The van der Waals surface area contributed by atoms with Gasteiger partial charge in [-0.15, -0.1) is 0 Å². The van der Waals surface area contributed by atoms with Crippen LogP contribution in [0.5, 0.6) is 0 Å². The largest absolute Gasteiger partial charge is 0.321 e. The van der Waals surface area contributed by atoms with E-state index in [0.717, 1.165) is 39.2 Å². The molecule has 1 aromatic carbocycles. The van der Waals surface area contributed by atoms with E-state index in [4.69, 9.17) is 0 Å². The Hall–Kier alpha value is -2.69. The zero-order valence-corrected chi connectivity index (χ0v) is 15.6. The van der Waals surface area contributed by atoms with Crippen LogP contribution in [0.1, 0.15) is 52.6 Å². The number of hydrogen-bond donors (Lipinski definition) is 1. The summed E-state index contributed by atoms with van der Waals surface area (Å²) in [6.07, 6.45) is 0. The van der Waals surface area contributed by atoms with Crippen LogP contribution in [0.15, 0.2) is 24.3 Å². The molecular formula is C20H24N4O. The highest BCUT2D eigenvalue weighted by Gasteiger charge is 2.19. The molecule has 3 aromatic rings. The lowest BCUT2D eigenvalue weighted by molar-refractivity contribution is 0.102. The Kier molecular flexibility index (Phi) is 4.33. The fraction of sp³-hybridized carbons (Fsp3) is 0.350. The highest BCUT2D eigenvalue weighted by Crippen LogP contribution is 2.29. The number of rotatable bonds is 3. The Bertz CT molecular complexity index is 969. The summed E-state index contributed by atoms with van der Waals surface area (Å²) in [5.41, 5.74) is 6.05. The van der Waals surface area contributed by atoms with E-state index in [1.807, 2.05) is 46.0 Å². The highest BCUT2D eigenvalue weighted by molar-refractivity contribution is 6.13. The van der Waals surface area contributed by atoms with Crippen molar-refractivity contribution in [2.45, 2.75) is 40.5 Å². The summed E-state index contributed by atoms with van der Waals surface area (Å²) in [6.45, 7) is 10.1. The van der Waals surface area contributed by atoms with Crippen molar-refractivity contribution in [1.29, 1.82) is 0 Å². The first-order valence-corrected chi connectivity index (χ1v) is 8.51. The molecule has 1 amide bonds. The minimum atomic E-state index is -0.122. The molecule has 3 rings (SSSR count). The van der Waals surface area contributed by atoms with Gasteiger partial charge < -0.3 is 5.32 Å². The van der Waals surface area contributed by atoms with Crippen LogP contribution in [0.4, 0.5) is 5.69 Å². The summed E-state index contributed by atoms with van der Waals surface area (Å²) < 4.78 is 1.72. The van der Waals surface area contributed by atoms with Crippen LogP contribution in [0.25, 0.3) is 11.0 Å². The molecule has 1 N–H and O–H groups in total. The molecule has 0 radical (unpaired) electrons. The number of pyridine rings is 1. The Morgan fingerprint density at radius 1 is 1.20 bits per heavy atom. The fourth-order valence-electron chi connectivity index (χ4n) is 3.27. The number of benzene rings is 1. The van der Waals surface area contributed by atoms with Gasteiger partial charge in [-0.05, 0) is 43.9 Å². The lowest BCUT2D eigenvalue weighted by atomic mass is 9.98. The SMILES string of the molecule is Cc1cc(C(=O)Nc2c(C)cccc2C(C)C)c2c(C)nn(C)c2n1. The molecule has 0 aliphatic carbocycles. The molecule has 0 bridgehead atoms. The summed E-state index contributed by atoms with van der Waals surface area (Å²) in [5, 5.41) is 8.36. The summed E-state index contributed by atoms with van der Waals surface area (Å²) in [6, 6.07) is 7.94. The minimum absolute atomic E-state index is 0.122.